The van der Waals surface area contributed by atoms with Gasteiger partial charge in [-0.25, -0.2) is 0 Å². The van der Waals surface area contributed by atoms with Gasteiger partial charge >= 0.3 is 5.97 Å². The standard InChI is InChI=1S/C22H20O3/c1-24-22(23)15-17-9-13-21(14-10-17)25-16-18-7-11-20(12-8-18)19-5-3-2-4-6-19/h2-14H,15-16H2,1H3. The van der Waals surface area contributed by atoms with E-state index in [1.54, 1.807) is 0 Å². The molecule has 0 saturated carbocycles. The summed E-state index contributed by atoms with van der Waals surface area (Å²) in [6, 6.07) is 26.2. The molecule has 3 rings (SSSR count). The first kappa shape index (κ1) is 16.8. The van der Waals surface area contributed by atoms with E-state index in [0.717, 1.165) is 16.9 Å². The molecule has 25 heavy (non-hydrogen) atoms. The van der Waals surface area contributed by atoms with Crippen LogP contribution in [0.1, 0.15) is 11.1 Å². The Hall–Kier alpha value is -3.07. The van der Waals surface area contributed by atoms with E-state index in [9.17, 15) is 4.79 Å². The average molecular weight is 332 g/mol. The Bertz CT molecular complexity index is 806. The topological polar surface area (TPSA) is 35.5 Å². The molecule has 0 heterocycles. The molecule has 0 bridgehead atoms. The van der Waals surface area contributed by atoms with Gasteiger partial charge in [-0.2, -0.15) is 0 Å². The number of esters is 1. The second-order valence-corrected chi connectivity index (χ2v) is 5.75. The van der Waals surface area contributed by atoms with Gasteiger partial charge in [-0.05, 0) is 34.4 Å². The van der Waals surface area contributed by atoms with E-state index < -0.39 is 0 Å². The van der Waals surface area contributed by atoms with Gasteiger partial charge in [0.15, 0.2) is 0 Å². The predicted octanol–water partition coefficient (Wildman–Crippen LogP) is 4.65. The fourth-order valence-electron chi connectivity index (χ4n) is 2.53. The molecule has 0 aliphatic carbocycles. The van der Waals surface area contributed by atoms with Crippen LogP contribution in [0.4, 0.5) is 0 Å². The molecular weight excluding hydrogens is 312 g/mol. The Balaban J connectivity index is 1.57. The van der Waals surface area contributed by atoms with Crippen molar-refractivity contribution in [2.75, 3.05) is 7.11 Å². The van der Waals surface area contributed by atoms with Crippen molar-refractivity contribution < 1.29 is 14.3 Å². The number of rotatable bonds is 6. The SMILES string of the molecule is COC(=O)Cc1ccc(OCc2ccc(-c3ccccc3)cc2)cc1. The van der Waals surface area contributed by atoms with Crippen LogP contribution in [0.5, 0.6) is 5.75 Å². The van der Waals surface area contributed by atoms with Gasteiger partial charge in [0.25, 0.3) is 0 Å². The van der Waals surface area contributed by atoms with Crippen molar-refractivity contribution in [3.05, 3.63) is 90.0 Å². The summed E-state index contributed by atoms with van der Waals surface area (Å²) in [5.74, 6) is 0.535. The highest BCUT2D eigenvalue weighted by Crippen LogP contribution is 2.20. The minimum absolute atomic E-state index is 0.243. The van der Waals surface area contributed by atoms with E-state index in [4.69, 9.17) is 4.74 Å². The number of benzene rings is 3. The van der Waals surface area contributed by atoms with Crippen LogP contribution in [0.3, 0.4) is 0 Å². The van der Waals surface area contributed by atoms with E-state index in [2.05, 4.69) is 41.1 Å². The Morgan fingerprint density at radius 2 is 1.36 bits per heavy atom. The first-order valence-corrected chi connectivity index (χ1v) is 8.17. The van der Waals surface area contributed by atoms with E-state index >= 15 is 0 Å². The van der Waals surface area contributed by atoms with Crippen LogP contribution in [-0.4, -0.2) is 13.1 Å². The molecule has 126 valence electrons. The number of carbonyl (C=O) groups excluding carboxylic acids is 1. The van der Waals surface area contributed by atoms with Crippen LogP contribution >= 0.6 is 0 Å². The summed E-state index contributed by atoms with van der Waals surface area (Å²) in [5.41, 5.74) is 4.41. The van der Waals surface area contributed by atoms with Crippen molar-refractivity contribution in [2.24, 2.45) is 0 Å². The highest BCUT2D eigenvalue weighted by Gasteiger charge is 2.03. The summed E-state index contributed by atoms with van der Waals surface area (Å²) in [6.45, 7) is 0.505. The molecule has 0 unspecified atom stereocenters. The third-order valence-corrected chi connectivity index (χ3v) is 3.97. The van der Waals surface area contributed by atoms with Crippen molar-refractivity contribution >= 4 is 5.97 Å². The highest BCUT2D eigenvalue weighted by molar-refractivity contribution is 5.72. The molecular formula is C22H20O3. The molecule has 0 atom stereocenters. The van der Waals surface area contributed by atoms with E-state index in [-0.39, 0.29) is 12.4 Å². The fraction of sp³-hybridized carbons (Fsp3) is 0.136. The molecule has 0 radical (unpaired) electrons. The molecule has 0 saturated heterocycles. The highest BCUT2D eigenvalue weighted by atomic mass is 16.5. The number of hydrogen-bond acceptors (Lipinski definition) is 3. The van der Waals surface area contributed by atoms with Crippen LogP contribution < -0.4 is 4.74 Å². The molecule has 0 spiro atoms. The maximum absolute atomic E-state index is 11.3. The lowest BCUT2D eigenvalue weighted by atomic mass is 10.0. The second-order valence-electron chi connectivity index (χ2n) is 5.75. The van der Waals surface area contributed by atoms with Gasteiger partial charge in [-0.15, -0.1) is 0 Å². The third kappa shape index (κ3) is 4.70. The first-order valence-electron chi connectivity index (χ1n) is 8.17. The summed E-state index contributed by atoms with van der Waals surface area (Å²) >= 11 is 0. The van der Waals surface area contributed by atoms with Gasteiger partial charge < -0.3 is 9.47 Å². The van der Waals surface area contributed by atoms with Gasteiger partial charge in [-0.1, -0.05) is 66.7 Å². The average Bonchev–Trinajstić information content (AvgIpc) is 2.68. The molecule has 3 heteroatoms. The van der Waals surface area contributed by atoms with Crippen LogP contribution in [0.25, 0.3) is 11.1 Å². The molecule has 3 aromatic rings. The predicted molar refractivity (Wildman–Crippen MR) is 98.4 cm³/mol. The van der Waals surface area contributed by atoms with Crippen LogP contribution in [-0.2, 0) is 22.6 Å². The summed E-state index contributed by atoms with van der Waals surface area (Å²) in [6.07, 6.45) is 0.276. The molecule has 3 nitrogen and oxygen atoms in total. The monoisotopic (exact) mass is 332 g/mol. The molecule has 0 aromatic heterocycles. The quantitative estimate of drug-likeness (QED) is 0.617. The maximum Gasteiger partial charge on any atom is 0.309 e. The van der Waals surface area contributed by atoms with Gasteiger partial charge in [0.05, 0.1) is 13.5 Å². The van der Waals surface area contributed by atoms with Crippen LogP contribution in [0.15, 0.2) is 78.9 Å². The van der Waals surface area contributed by atoms with Crippen molar-refractivity contribution in [2.45, 2.75) is 13.0 Å². The van der Waals surface area contributed by atoms with E-state index in [1.807, 2.05) is 42.5 Å². The largest absolute Gasteiger partial charge is 0.489 e. The summed E-state index contributed by atoms with van der Waals surface area (Å²) < 4.78 is 10.5. The molecule has 0 aliphatic rings. The first-order chi connectivity index (χ1) is 12.2. The van der Waals surface area contributed by atoms with Crippen molar-refractivity contribution in [1.29, 1.82) is 0 Å². The molecule has 0 N–H and O–H groups in total. The number of ether oxygens (including phenoxy) is 2. The Kier molecular flexibility index (Phi) is 5.47. The smallest absolute Gasteiger partial charge is 0.309 e. The maximum atomic E-state index is 11.3. The summed E-state index contributed by atoms with van der Waals surface area (Å²) in [4.78, 5) is 11.3. The zero-order valence-electron chi connectivity index (χ0n) is 14.1. The molecule has 0 amide bonds. The van der Waals surface area contributed by atoms with Crippen molar-refractivity contribution in [3.63, 3.8) is 0 Å². The minimum atomic E-state index is -0.243. The lowest BCUT2D eigenvalue weighted by molar-refractivity contribution is -0.139. The minimum Gasteiger partial charge on any atom is -0.489 e. The Labute approximate surface area is 147 Å². The lowest BCUT2D eigenvalue weighted by Crippen LogP contribution is -2.04. The third-order valence-electron chi connectivity index (χ3n) is 3.97. The fourth-order valence-corrected chi connectivity index (χ4v) is 2.53. The summed E-state index contributed by atoms with van der Waals surface area (Å²) in [5, 5.41) is 0. The van der Waals surface area contributed by atoms with E-state index in [1.165, 1.54) is 18.2 Å². The van der Waals surface area contributed by atoms with Gasteiger partial charge in [0.2, 0.25) is 0 Å². The normalized spacial score (nSPS) is 10.3. The second kappa shape index (κ2) is 8.15. The zero-order valence-corrected chi connectivity index (χ0v) is 14.1. The van der Waals surface area contributed by atoms with Gasteiger partial charge in [0.1, 0.15) is 12.4 Å². The number of carbonyl (C=O) groups is 1. The van der Waals surface area contributed by atoms with Crippen molar-refractivity contribution in [1.82, 2.24) is 0 Å². The van der Waals surface area contributed by atoms with E-state index in [0.29, 0.717) is 6.61 Å². The van der Waals surface area contributed by atoms with Gasteiger partial charge in [0, 0.05) is 0 Å². The Morgan fingerprint density at radius 3 is 2.00 bits per heavy atom. The van der Waals surface area contributed by atoms with Crippen LogP contribution in [0.2, 0.25) is 0 Å². The zero-order chi connectivity index (χ0) is 17.5. The number of methoxy groups -OCH3 is 1. The van der Waals surface area contributed by atoms with Gasteiger partial charge in [-0.3, -0.25) is 4.79 Å². The van der Waals surface area contributed by atoms with Crippen molar-refractivity contribution in [3.8, 4) is 16.9 Å². The number of hydrogen-bond donors (Lipinski definition) is 0. The molecule has 3 aromatic carbocycles. The van der Waals surface area contributed by atoms with Crippen LogP contribution in [0, 0.1) is 0 Å². The molecule has 0 aliphatic heterocycles. The summed E-state index contributed by atoms with van der Waals surface area (Å²) in [7, 11) is 1.39. The lowest BCUT2D eigenvalue weighted by Gasteiger charge is -2.08. The Morgan fingerprint density at radius 1 is 0.760 bits per heavy atom. The molecule has 0 fully saturated rings.